The number of aromatic nitrogens is 1. The number of carbonyl (C=O) groups excluding carboxylic acids is 1. The minimum atomic E-state index is -0.319. The molecule has 0 saturated carbocycles. The summed E-state index contributed by atoms with van der Waals surface area (Å²) in [4.78, 5) is 16.6. The van der Waals surface area contributed by atoms with E-state index in [0.717, 1.165) is 16.3 Å². The molecule has 0 aromatic carbocycles. The summed E-state index contributed by atoms with van der Waals surface area (Å²) < 4.78 is 4.63. The van der Waals surface area contributed by atoms with Crippen molar-refractivity contribution < 1.29 is 9.53 Å². The number of rotatable bonds is 1. The molecule has 14 heavy (non-hydrogen) atoms. The lowest BCUT2D eigenvalue weighted by molar-refractivity contribution is 0.0600. The van der Waals surface area contributed by atoms with Crippen LogP contribution in [0.1, 0.15) is 28.9 Å². The van der Waals surface area contributed by atoms with Gasteiger partial charge in [-0.15, -0.1) is 11.8 Å². The van der Waals surface area contributed by atoms with Crippen LogP contribution in [-0.2, 0) is 4.74 Å². The SMILES string of the molecule is COC(=O)c1cnc2c(c1)SCC2C. The molecule has 1 unspecified atom stereocenters. The van der Waals surface area contributed by atoms with Crippen molar-refractivity contribution in [2.24, 2.45) is 0 Å². The van der Waals surface area contributed by atoms with E-state index in [-0.39, 0.29) is 5.97 Å². The summed E-state index contributed by atoms with van der Waals surface area (Å²) in [5.41, 5.74) is 1.63. The van der Waals surface area contributed by atoms with Crippen LogP contribution in [0.3, 0.4) is 0 Å². The van der Waals surface area contributed by atoms with Gasteiger partial charge in [-0.05, 0) is 6.07 Å². The maximum absolute atomic E-state index is 11.2. The number of thioether (sulfide) groups is 1. The summed E-state index contributed by atoms with van der Waals surface area (Å²) in [6.45, 7) is 2.14. The second-order valence-corrected chi connectivity index (χ2v) is 4.37. The molecule has 0 N–H and O–H groups in total. The number of carbonyl (C=O) groups is 1. The molecule has 0 fully saturated rings. The topological polar surface area (TPSA) is 39.2 Å². The van der Waals surface area contributed by atoms with Crippen molar-refractivity contribution in [2.45, 2.75) is 17.7 Å². The quantitative estimate of drug-likeness (QED) is 0.664. The Kier molecular flexibility index (Phi) is 2.46. The highest BCUT2D eigenvalue weighted by molar-refractivity contribution is 7.99. The fourth-order valence-corrected chi connectivity index (χ4v) is 2.66. The van der Waals surface area contributed by atoms with Crippen molar-refractivity contribution >= 4 is 17.7 Å². The second-order valence-electron chi connectivity index (χ2n) is 3.31. The maximum Gasteiger partial charge on any atom is 0.339 e. The first kappa shape index (κ1) is 9.52. The number of methoxy groups -OCH3 is 1. The van der Waals surface area contributed by atoms with Gasteiger partial charge >= 0.3 is 5.97 Å². The molecule has 0 radical (unpaired) electrons. The highest BCUT2D eigenvalue weighted by atomic mass is 32.2. The fraction of sp³-hybridized carbons (Fsp3) is 0.400. The van der Waals surface area contributed by atoms with Crippen LogP contribution in [-0.4, -0.2) is 23.8 Å². The molecule has 0 aliphatic carbocycles. The van der Waals surface area contributed by atoms with Gasteiger partial charge in [0.25, 0.3) is 0 Å². The van der Waals surface area contributed by atoms with E-state index in [4.69, 9.17) is 0 Å². The Labute approximate surface area is 86.9 Å². The van der Waals surface area contributed by atoms with Crippen LogP contribution in [0, 0.1) is 0 Å². The summed E-state index contributed by atoms with van der Waals surface area (Å²) in [6.07, 6.45) is 1.59. The number of esters is 1. The van der Waals surface area contributed by atoms with Gasteiger partial charge in [0.15, 0.2) is 0 Å². The molecule has 1 aliphatic heterocycles. The van der Waals surface area contributed by atoms with Gasteiger partial charge in [-0.2, -0.15) is 0 Å². The molecule has 2 heterocycles. The van der Waals surface area contributed by atoms with Crippen LogP contribution < -0.4 is 0 Å². The van der Waals surface area contributed by atoms with E-state index in [2.05, 4.69) is 16.6 Å². The molecule has 3 nitrogen and oxygen atoms in total. The third-order valence-corrected chi connectivity index (χ3v) is 3.56. The van der Waals surface area contributed by atoms with Crippen molar-refractivity contribution in [2.75, 3.05) is 12.9 Å². The van der Waals surface area contributed by atoms with E-state index in [1.165, 1.54) is 7.11 Å². The van der Waals surface area contributed by atoms with Crippen LogP contribution in [0.25, 0.3) is 0 Å². The van der Waals surface area contributed by atoms with E-state index in [9.17, 15) is 4.79 Å². The Morgan fingerprint density at radius 3 is 3.21 bits per heavy atom. The number of hydrogen-bond acceptors (Lipinski definition) is 4. The fourth-order valence-electron chi connectivity index (χ4n) is 1.46. The third kappa shape index (κ3) is 1.50. The summed E-state index contributed by atoms with van der Waals surface area (Å²) in [6, 6.07) is 1.86. The molecule has 0 amide bonds. The van der Waals surface area contributed by atoms with Gasteiger partial charge in [0.1, 0.15) is 0 Å². The zero-order chi connectivity index (χ0) is 10.1. The molecule has 1 atom stereocenters. The Balaban J connectivity index is 2.37. The molecule has 1 aromatic heterocycles. The molecule has 1 aromatic rings. The van der Waals surface area contributed by atoms with Crippen molar-refractivity contribution in [3.63, 3.8) is 0 Å². The molecule has 2 rings (SSSR count). The normalized spacial score (nSPS) is 19.1. The third-order valence-electron chi connectivity index (χ3n) is 2.26. The molecule has 0 spiro atoms. The maximum atomic E-state index is 11.2. The van der Waals surface area contributed by atoms with Gasteiger partial charge in [-0.1, -0.05) is 6.92 Å². The number of ether oxygens (including phenoxy) is 1. The van der Waals surface area contributed by atoms with Crippen molar-refractivity contribution in [3.05, 3.63) is 23.5 Å². The zero-order valence-corrected chi connectivity index (χ0v) is 8.93. The van der Waals surface area contributed by atoms with Crippen molar-refractivity contribution in [3.8, 4) is 0 Å². The van der Waals surface area contributed by atoms with E-state index in [0.29, 0.717) is 11.5 Å². The smallest absolute Gasteiger partial charge is 0.339 e. The standard InChI is InChI=1S/C10H11NO2S/c1-6-5-14-8-3-7(10(12)13-2)4-11-9(6)8/h3-4,6H,5H2,1-2H3. The van der Waals surface area contributed by atoms with E-state index < -0.39 is 0 Å². The molecule has 0 bridgehead atoms. The van der Waals surface area contributed by atoms with Crippen LogP contribution >= 0.6 is 11.8 Å². The number of hydrogen-bond donors (Lipinski definition) is 0. The predicted molar refractivity (Wildman–Crippen MR) is 54.7 cm³/mol. The highest BCUT2D eigenvalue weighted by Gasteiger charge is 2.22. The van der Waals surface area contributed by atoms with Crippen molar-refractivity contribution in [1.82, 2.24) is 4.98 Å². The minimum absolute atomic E-state index is 0.319. The van der Waals surface area contributed by atoms with E-state index >= 15 is 0 Å². The molecule has 0 saturated heterocycles. The lowest BCUT2D eigenvalue weighted by Gasteiger charge is -2.03. The summed E-state index contributed by atoms with van der Waals surface area (Å²) in [7, 11) is 1.38. The highest BCUT2D eigenvalue weighted by Crippen LogP contribution is 2.37. The summed E-state index contributed by atoms with van der Waals surface area (Å²) in [5, 5.41) is 0. The first-order chi connectivity index (χ1) is 6.72. The monoisotopic (exact) mass is 209 g/mol. The Morgan fingerprint density at radius 2 is 2.50 bits per heavy atom. The van der Waals surface area contributed by atoms with Gasteiger partial charge in [0.05, 0.1) is 18.4 Å². The molecule has 4 heteroatoms. The second kappa shape index (κ2) is 3.61. The van der Waals surface area contributed by atoms with Gasteiger partial charge in [0.2, 0.25) is 0 Å². The van der Waals surface area contributed by atoms with E-state index in [1.807, 2.05) is 6.07 Å². The molecule has 1 aliphatic rings. The molecule has 74 valence electrons. The molecular formula is C10H11NO2S. The first-order valence-electron chi connectivity index (χ1n) is 4.43. The van der Waals surface area contributed by atoms with Gasteiger partial charge in [-0.3, -0.25) is 4.98 Å². The molecular weight excluding hydrogens is 198 g/mol. The zero-order valence-electron chi connectivity index (χ0n) is 8.11. The van der Waals surface area contributed by atoms with Crippen LogP contribution in [0.5, 0.6) is 0 Å². The summed E-state index contributed by atoms with van der Waals surface area (Å²) in [5.74, 6) is 1.22. The van der Waals surface area contributed by atoms with Crippen LogP contribution in [0.2, 0.25) is 0 Å². The lowest BCUT2D eigenvalue weighted by Crippen LogP contribution is -2.03. The van der Waals surface area contributed by atoms with Gasteiger partial charge in [0, 0.05) is 22.8 Å². The van der Waals surface area contributed by atoms with Gasteiger partial charge < -0.3 is 4.74 Å². The van der Waals surface area contributed by atoms with Crippen molar-refractivity contribution in [1.29, 1.82) is 0 Å². The average Bonchev–Trinajstić information content (AvgIpc) is 2.59. The number of pyridine rings is 1. The largest absolute Gasteiger partial charge is 0.465 e. The Hall–Kier alpha value is -1.03. The predicted octanol–water partition coefficient (Wildman–Crippen LogP) is 2.08. The van der Waals surface area contributed by atoms with E-state index in [1.54, 1.807) is 18.0 Å². The average molecular weight is 209 g/mol. The Morgan fingerprint density at radius 1 is 1.71 bits per heavy atom. The Bertz CT molecular complexity index is 378. The lowest BCUT2D eigenvalue weighted by atomic mass is 10.1. The number of fused-ring (bicyclic) bond motifs is 1. The minimum Gasteiger partial charge on any atom is -0.465 e. The first-order valence-corrected chi connectivity index (χ1v) is 5.42. The van der Waals surface area contributed by atoms with Crippen LogP contribution in [0.15, 0.2) is 17.2 Å². The number of nitrogens with zero attached hydrogens (tertiary/aromatic N) is 1. The summed E-state index contributed by atoms with van der Waals surface area (Å²) >= 11 is 1.75. The van der Waals surface area contributed by atoms with Crippen LogP contribution in [0.4, 0.5) is 0 Å². The van der Waals surface area contributed by atoms with Gasteiger partial charge in [-0.25, -0.2) is 4.79 Å².